The van der Waals surface area contributed by atoms with E-state index in [2.05, 4.69) is 60.6 Å². The van der Waals surface area contributed by atoms with E-state index in [1.165, 1.54) is 16.7 Å². The van der Waals surface area contributed by atoms with Gasteiger partial charge in [0, 0.05) is 31.5 Å². The first-order valence-electron chi connectivity index (χ1n) is 14.2. The van der Waals surface area contributed by atoms with Gasteiger partial charge >= 0.3 is 0 Å². The van der Waals surface area contributed by atoms with Gasteiger partial charge in [-0.05, 0) is 55.6 Å². The summed E-state index contributed by atoms with van der Waals surface area (Å²) in [6, 6.07) is 23.9. The molecule has 0 aromatic heterocycles. The van der Waals surface area contributed by atoms with Gasteiger partial charge in [-0.3, -0.25) is 14.5 Å². The zero-order chi connectivity index (χ0) is 28.2. The Bertz CT molecular complexity index is 1320. The molecule has 3 aromatic rings. The van der Waals surface area contributed by atoms with Crippen LogP contribution < -0.4 is 10.1 Å². The highest BCUT2D eigenvalue weighted by Crippen LogP contribution is 2.37. The van der Waals surface area contributed by atoms with Gasteiger partial charge in [0.05, 0.1) is 23.9 Å². The van der Waals surface area contributed by atoms with Gasteiger partial charge in [-0.25, -0.2) is 0 Å². The average molecular weight is 542 g/mol. The van der Waals surface area contributed by atoms with Gasteiger partial charge in [-0.15, -0.1) is 0 Å². The largest absolute Gasteiger partial charge is 0.486 e. The summed E-state index contributed by atoms with van der Waals surface area (Å²) in [5, 5.41) is 12.9. The smallest absolute Gasteiger partial charge is 0.258 e. The number of hydrogen-bond donors (Lipinski definition) is 2. The van der Waals surface area contributed by atoms with Crippen LogP contribution in [0, 0.1) is 11.8 Å². The Morgan fingerprint density at radius 3 is 2.42 bits per heavy atom. The molecule has 1 saturated carbocycles. The minimum Gasteiger partial charge on any atom is -0.486 e. The molecule has 3 atom stereocenters. The second-order valence-corrected chi connectivity index (χ2v) is 11.3. The molecule has 210 valence electrons. The van der Waals surface area contributed by atoms with Gasteiger partial charge < -0.3 is 20.1 Å². The number of likely N-dealkylation sites (N-methyl/N-ethyl adjacent to an activating group) is 1. The third-order valence-electron chi connectivity index (χ3n) is 7.90. The number of aliphatic hydroxyl groups is 1. The molecule has 1 aliphatic carbocycles. The SMILES string of the molecule is C[C@H](CO)N1C[C@H](C)[C@H](CN(C)Cc2ccc(-c3ccccc3)cc2)Oc2c(NC(=O)C3CC3)cccc2C1=O. The van der Waals surface area contributed by atoms with Gasteiger partial charge in [0.15, 0.2) is 5.75 Å². The third-order valence-corrected chi connectivity index (χ3v) is 7.90. The fourth-order valence-electron chi connectivity index (χ4n) is 5.26. The molecule has 0 bridgehead atoms. The highest BCUT2D eigenvalue weighted by atomic mass is 16.5. The van der Waals surface area contributed by atoms with E-state index in [9.17, 15) is 14.7 Å². The molecule has 0 radical (unpaired) electrons. The number of amides is 2. The number of benzene rings is 3. The van der Waals surface area contributed by atoms with Crippen molar-refractivity contribution in [2.24, 2.45) is 11.8 Å². The van der Waals surface area contributed by atoms with E-state index in [0.29, 0.717) is 30.1 Å². The van der Waals surface area contributed by atoms with Gasteiger partial charge in [0.1, 0.15) is 6.10 Å². The van der Waals surface area contributed by atoms with Crippen LogP contribution in [0.25, 0.3) is 11.1 Å². The summed E-state index contributed by atoms with van der Waals surface area (Å²) in [5.41, 5.74) is 4.51. The number of nitrogens with zero attached hydrogens (tertiary/aromatic N) is 2. The summed E-state index contributed by atoms with van der Waals surface area (Å²) in [6.07, 6.45) is 1.53. The summed E-state index contributed by atoms with van der Waals surface area (Å²) < 4.78 is 6.63. The van der Waals surface area contributed by atoms with E-state index in [4.69, 9.17) is 4.74 Å². The van der Waals surface area contributed by atoms with Crippen LogP contribution in [0.1, 0.15) is 42.6 Å². The Hall–Kier alpha value is -3.68. The quantitative estimate of drug-likeness (QED) is 0.396. The minimum atomic E-state index is -0.341. The van der Waals surface area contributed by atoms with Crippen molar-refractivity contribution >= 4 is 17.5 Å². The Balaban J connectivity index is 1.37. The first-order chi connectivity index (χ1) is 19.3. The number of para-hydroxylation sites is 1. The van der Waals surface area contributed by atoms with E-state index in [-0.39, 0.29) is 42.4 Å². The Morgan fingerprint density at radius 1 is 1.05 bits per heavy atom. The molecule has 7 nitrogen and oxygen atoms in total. The van der Waals surface area contributed by atoms with Crippen molar-refractivity contribution in [3.63, 3.8) is 0 Å². The summed E-state index contributed by atoms with van der Waals surface area (Å²) in [4.78, 5) is 30.2. The summed E-state index contributed by atoms with van der Waals surface area (Å²) in [6.45, 7) is 5.63. The molecule has 0 saturated heterocycles. The van der Waals surface area contributed by atoms with E-state index in [1.54, 1.807) is 23.1 Å². The van der Waals surface area contributed by atoms with Crippen molar-refractivity contribution in [1.29, 1.82) is 0 Å². The average Bonchev–Trinajstić information content (AvgIpc) is 3.82. The first-order valence-corrected chi connectivity index (χ1v) is 14.2. The molecule has 1 heterocycles. The fourth-order valence-corrected chi connectivity index (χ4v) is 5.26. The Kier molecular flexibility index (Phi) is 8.52. The highest BCUT2D eigenvalue weighted by molar-refractivity contribution is 6.02. The lowest BCUT2D eigenvalue weighted by atomic mass is 9.98. The van der Waals surface area contributed by atoms with Crippen molar-refractivity contribution in [3.8, 4) is 16.9 Å². The molecule has 2 amide bonds. The minimum absolute atomic E-state index is 0.0128. The number of aliphatic hydroxyl groups excluding tert-OH is 1. The molecule has 1 fully saturated rings. The van der Waals surface area contributed by atoms with Crippen LogP contribution in [-0.4, -0.2) is 65.6 Å². The topological polar surface area (TPSA) is 82.1 Å². The lowest BCUT2D eigenvalue weighted by Gasteiger charge is -2.38. The number of fused-ring (bicyclic) bond motifs is 1. The molecular weight excluding hydrogens is 502 g/mol. The molecular formula is C33H39N3O4. The van der Waals surface area contributed by atoms with Crippen LogP contribution in [0.4, 0.5) is 5.69 Å². The number of nitrogens with one attached hydrogen (secondary N) is 1. The van der Waals surface area contributed by atoms with Crippen molar-refractivity contribution in [3.05, 3.63) is 83.9 Å². The van der Waals surface area contributed by atoms with Crippen LogP contribution in [0.15, 0.2) is 72.8 Å². The molecule has 2 N–H and O–H groups in total. The third kappa shape index (κ3) is 6.37. The van der Waals surface area contributed by atoms with Crippen molar-refractivity contribution in [2.75, 3.05) is 32.1 Å². The molecule has 0 unspecified atom stereocenters. The number of ether oxygens (including phenoxy) is 1. The number of rotatable bonds is 9. The first kappa shape index (κ1) is 27.9. The van der Waals surface area contributed by atoms with Gasteiger partial charge in [0.2, 0.25) is 5.91 Å². The number of hydrogen-bond acceptors (Lipinski definition) is 5. The predicted molar refractivity (Wildman–Crippen MR) is 157 cm³/mol. The predicted octanol–water partition coefficient (Wildman–Crippen LogP) is 5.05. The zero-order valence-electron chi connectivity index (χ0n) is 23.5. The second-order valence-electron chi connectivity index (χ2n) is 11.3. The van der Waals surface area contributed by atoms with Crippen molar-refractivity contribution in [2.45, 2.75) is 45.4 Å². The number of anilines is 1. The summed E-state index contributed by atoms with van der Waals surface area (Å²) in [5.74, 6) is 0.194. The summed E-state index contributed by atoms with van der Waals surface area (Å²) >= 11 is 0. The van der Waals surface area contributed by atoms with Gasteiger partial charge in [-0.1, -0.05) is 67.6 Å². The van der Waals surface area contributed by atoms with Crippen LogP contribution >= 0.6 is 0 Å². The van der Waals surface area contributed by atoms with E-state index in [1.807, 2.05) is 25.1 Å². The Labute approximate surface area is 236 Å². The molecule has 3 aromatic carbocycles. The van der Waals surface area contributed by atoms with Crippen molar-refractivity contribution in [1.82, 2.24) is 9.80 Å². The molecule has 1 aliphatic heterocycles. The lowest BCUT2D eigenvalue weighted by Crippen LogP contribution is -2.49. The maximum absolute atomic E-state index is 13.6. The highest BCUT2D eigenvalue weighted by Gasteiger charge is 2.36. The van der Waals surface area contributed by atoms with Crippen LogP contribution in [-0.2, 0) is 11.3 Å². The monoisotopic (exact) mass is 541 g/mol. The molecule has 7 heteroatoms. The van der Waals surface area contributed by atoms with Crippen LogP contribution in [0.2, 0.25) is 0 Å². The van der Waals surface area contributed by atoms with Crippen molar-refractivity contribution < 1.29 is 19.4 Å². The van der Waals surface area contributed by atoms with E-state index >= 15 is 0 Å². The van der Waals surface area contributed by atoms with E-state index in [0.717, 1.165) is 19.4 Å². The maximum Gasteiger partial charge on any atom is 0.258 e. The lowest BCUT2D eigenvalue weighted by molar-refractivity contribution is -0.117. The fraction of sp³-hybridized carbons (Fsp3) is 0.394. The van der Waals surface area contributed by atoms with E-state index < -0.39 is 0 Å². The normalized spacial score (nSPS) is 19.8. The van der Waals surface area contributed by atoms with Crippen LogP contribution in [0.5, 0.6) is 5.75 Å². The molecule has 0 spiro atoms. The number of carbonyl (C=O) groups is 2. The zero-order valence-corrected chi connectivity index (χ0v) is 23.5. The standard InChI is InChI=1S/C33H39N3O4/c1-22-18-36(23(2)21-37)33(39)28-10-7-11-29(34-32(38)27-16-17-27)31(28)40-30(22)20-35(3)19-24-12-14-26(15-13-24)25-8-5-4-6-9-25/h4-15,22-23,27,30,37H,16-21H2,1-3H3,(H,34,38)/t22-,23+,30-/m0/s1. The molecule has 2 aliphatic rings. The maximum atomic E-state index is 13.6. The second kappa shape index (κ2) is 12.2. The van der Waals surface area contributed by atoms with Gasteiger partial charge in [-0.2, -0.15) is 0 Å². The van der Waals surface area contributed by atoms with Crippen LogP contribution in [0.3, 0.4) is 0 Å². The number of carbonyl (C=O) groups excluding carboxylic acids is 2. The molecule has 40 heavy (non-hydrogen) atoms. The Morgan fingerprint density at radius 2 is 1.75 bits per heavy atom. The molecule has 5 rings (SSSR count). The summed E-state index contributed by atoms with van der Waals surface area (Å²) in [7, 11) is 2.07. The van der Waals surface area contributed by atoms with Gasteiger partial charge in [0.25, 0.3) is 5.91 Å².